The van der Waals surface area contributed by atoms with Crippen molar-refractivity contribution in [2.75, 3.05) is 23.7 Å². The van der Waals surface area contributed by atoms with Crippen LogP contribution >= 0.6 is 0 Å². The Hall–Kier alpha value is -1.32. The normalized spacial score (nSPS) is 20.4. The van der Waals surface area contributed by atoms with Crippen molar-refractivity contribution in [1.29, 1.82) is 0 Å². The summed E-state index contributed by atoms with van der Waals surface area (Å²) < 4.78 is 0. The van der Waals surface area contributed by atoms with Crippen molar-refractivity contribution < 1.29 is 0 Å². The van der Waals surface area contributed by atoms with E-state index in [9.17, 15) is 0 Å². The fourth-order valence-electron chi connectivity index (χ4n) is 2.95. The lowest BCUT2D eigenvalue weighted by Crippen LogP contribution is -2.28. The minimum absolute atomic E-state index is 0.0750. The minimum Gasteiger partial charge on any atom is -0.383 e. The summed E-state index contributed by atoms with van der Waals surface area (Å²) in [7, 11) is 0. The van der Waals surface area contributed by atoms with Gasteiger partial charge in [-0.2, -0.15) is 0 Å². The molecular formula is C17H30N4. The van der Waals surface area contributed by atoms with Crippen LogP contribution in [0.2, 0.25) is 0 Å². The van der Waals surface area contributed by atoms with E-state index in [1.807, 2.05) is 6.92 Å². The van der Waals surface area contributed by atoms with Crippen molar-refractivity contribution in [2.24, 2.45) is 5.92 Å². The van der Waals surface area contributed by atoms with Gasteiger partial charge in [-0.05, 0) is 32.1 Å². The number of hydrogen-bond acceptors (Lipinski definition) is 4. The lowest BCUT2D eigenvalue weighted by Gasteiger charge is -2.26. The summed E-state index contributed by atoms with van der Waals surface area (Å²) in [5.41, 5.74) is 7.09. The molecule has 0 saturated carbocycles. The highest BCUT2D eigenvalue weighted by atomic mass is 15.2. The Balaban J connectivity index is 2.32. The van der Waals surface area contributed by atoms with Gasteiger partial charge in [0.25, 0.3) is 0 Å². The molecule has 4 heteroatoms. The molecule has 0 spiro atoms. The molecule has 0 amide bonds. The molecule has 2 N–H and O–H groups in total. The van der Waals surface area contributed by atoms with Crippen LogP contribution < -0.4 is 10.6 Å². The third kappa shape index (κ3) is 3.66. The van der Waals surface area contributed by atoms with Gasteiger partial charge in [0, 0.05) is 24.1 Å². The zero-order valence-corrected chi connectivity index (χ0v) is 14.2. The van der Waals surface area contributed by atoms with Crippen molar-refractivity contribution in [3.05, 3.63) is 11.4 Å². The van der Waals surface area contributed by atoms with Crippen molar-refractivity contribution >= 4 is 11.6 Å². The van der Waals surface area contributed by atoms with Crippen LogP contribution in [0.3, 0.4) is 0 Å². The molecule has 2 heterocycles. The second kappa shape index (κ2) is 6.20. The van der Waals surface area contributed by atoms with Gasteiger partial charge in [-0.1, -0.05) is 34.1 Å². The Kier molecular flexibility index (Phi) is 4.74. The van der Waals surface area contributed by atoms with E-state index in [1.165, 1.54) is 25.7 Å². The number of hydrogen-bond donors (Lipinski definition) is 1. The molecule has 1 fully saturated rings. The molecule has 2 rings (SSSR count). The predicted octanol–water partition coefficient (Wildman–Crippen LogP) is 3.68. The van der Waals surface area contributed by atoms with Crippen LogP contribution in [0.15, 0.2) is 0 Å². The third-order valence-corrected chi connectivity index (χ3v) is 4.55. The first-order chi connectivity index (χ1) is 9.82. The van der Waals surface area contributed by atoms with Crippen molar-refractivity contribution in [3.8, 4) is 0 Å². The number of anilines is 2. The van der Waals surface area contributed by atoms with E-state index in [2.05, 4.69) is 37.6 Å². The monoisotopic (exact) mass is 290 g/mol. The van der Waals surface area contributed by atoms with Gasteiger partial charge in [0.05, 0.1) is 0 Å². The fourth-order valence-corrected chi connectivity index (χ4v) is 2.95. The summed E-state index contributed by atoms with van der Waals surface area (Å²) in [6.45, 7) is 12.9. The smallest absolute Gasteiger partial charge is 0.138 e. The first kappa shape index (κ1) is 16.1. The Morgan fingerprint density at radius 3 is 2.52 bits per heavy atom. The van der Waals surface area contributed by atoms with Gasteiger partial charge >= 0.3 is 0 Å². The molecule has 1 aromatic heterocycles. The summed E-state index contributed by atoms with van der Waals surface area (Å²) in [6, 6.07) is 0. The molecule has 1 aliphatic rings. The van der Waals surface area contributed by atoms with E-state index in [4.69, 9.17) is 10.7 Å². The molecule has 1 aromatic rings. The van der Waals surface area contributed by atoms with Gasteiger partial charge in [0.2, 0.25) is 0 Å². The van der Waals surface area contributed by atoms with Gasteiger partial charge in [-0.15, -0.1) is 0 Å². The molecule has 0 aromatic carbocycles. The maximum atomic E-state index is 6.14. The Bertz CT molecular complexity index is 490. The second-order valence-corrected chi connectivity index (χ2v) is 7.32. The first-order valence-corrected chi connectivity index (χ1v) is 8.22. The Morgan fingerprint density at radius 2 is 1.90 bits per heavy atom. The molecule has 4 nitrogen and oxygen atoms in total. The highest BCUT2D eigenvalue weighted by molar-refractivity contribution is 5.57. The van der Waals surface area contributed by atoms with Gasteiger partial charge in [0.1, 0.15) is 17.5 Å². The Labute approximate surface area is 129 Å². The summed E-state index contributed by atoms with van der Waals surface area (Å²) in [4.78, 5) is 11.8. The van der Waals surface area contributed by atoms with Crippen LogP contribution in [0.25, 0.3) is 0 Å². The van der Waals surface area contributed by atoms with Crippen LogP contribution in [-0.4, -0.2) is 23.1 Å². The second-order valence-electron chi connectivity index (χ2n) is 7.32. The van der Waals surface area contributed by atoms with Crippen LogP contribution in [-0.2, 0) is 5.41 Å². The van der Waals surface area contributed by atoms with Crippen LogP contribution in [0.1, 0.15) is 64.8 Å². The topological polar surface area (TPSA) is 55.0 Å². The highest BCUT2D eigenvalue weighted by Gasteiger charge is 2.24. The molecular weight excluding hydrogens is 260 g/mol. The van der Waals surface area contributed by atoms with Crippen molar-refractivity contribution in [1.82, 2.24) is 9.97 Å². The first-order valence-electron chi connectivity index (χ1n) is 8.22. The fraction of sp³-hybridized carbons (Fsp3) is 0.765. The largest absolute Gasteiger partial charge is 0.383 e. The number of aromatic nitrogens is 2. The Morgan fingerprint density at radius 1 is 1.19 bits per heavy atom. The molecule has 0 bridgehead atoms. The SMILES string of the molecule is CCC1CCCN(c2nc(C(C)(C)C)nc(N)c2C)CC1. The average Bonchev–Trinajstić information content (AvgIpc) is 2.65. The van der Waals surface area contributed by atoms with Crippen molar-refractivity contribution in [3.63, 3.8) is 0 Å². The summed E-state index contributed by atoms with van der Waals surface area (Å²) in [6.07, 6.45) is 5.11. The number of rotatable bonds is 2. The molecule has 21 heavy (non-hydrogen) atoms. The lowest BCUT2D eigenvalue weighted by molar-refractivity contribution is 0.459. The van der Waals surface area contributed by atoms with E-state index >= 15 is 0 Å². The minimum atomic E-state index is -0.0750. The molecule has 0 radical (unpaired) electrons. The van der Waals surface area contributed by atoms with E-state index in [-0.39, 0.29) is 5.41 Å². The highest BCUT2D eigenvalue weighted by Crippen LogP contribution is 2.29. The predicted molar refractivity (Wildman–Crippen MR) is 89.7 cm³/mol. The summed E-state index contributed by atoms with van der Waals surface area (Å²) in [5, 5.41) is 0. The number of nitrogen functional groups attached to an aromatic ring is 1. The van der Waals surface area contributed by atoms with Crippen LogP contribution in [0.5, 0.6) is 0 Å². The van der Waals surface area contributed by atoms with Crippen LogP contribution in [0.4, 0.5) is 11.6 Å². The molecule has 1 aliphatic heterocycles. The summed E-state index contributed by atoms with van der Waals surface area (Å²) in [5.74, 6) is 3.37. The third-order valence-electron chi connectivity index (χ3n) is 4.55. The molecule has 1 unspecified atom stereocenters. The van der Waals surface area contributed by atoms with Gasteiger partial charge < -0.3 is 10.6 Å². The molecule has 0 aliphatic carbocycles. The maximum absolute atomic E-state index is 6.14. The zero-order valence-electron chi connectivity index (χ0n) is 14.2. The number of nitrogens with zero attached hydrogens (tertiary/aromatic N) is 3. The van der Waals surface area contributed by atoms with Gasteiger partial charge in [0.15, 0.2) is 0 Å². The zero-order chi connectivity index (χ0) is 15.6. The van der Waals surface area contributed by atoms with E-state index < -0.39 is 0 Å². The standard InChI is InChI=1S/C17H30N4/c1-6-13-8-7-10-21(11-9-13)15-12(2)14(18)19-16(20-15)17(3,4)5/h13H,6-11H2,1-5H3,(H2,18,19,20). The average molecular weight is 290 g/mol. The van der Waals surface area contributed by atoms with Gasteiger partial charge in [-0.3, -0.25) is 0 Å². The lowest BCUT2D eigenvalue weighted by atomic mass is 9.95. The molecule has 1 atom stereocenters. The van der Waals surface area contributed by atoms with Gasteiger partial charge in [-0.25, -0.2) is 9.97 Å². The molecule has 1 saturated heterocycles. The maximum Gasteiger partial charge on any atom is 0.138 e. The van der Waals surface area contributed by atoms with Crippen molar-refractivity contribution in [2.45, 2.75) is 65.7 Å². The van der Waals surface area contributed by atoms with E-state index in [0.29, 0.717) is 5.82 Å². The summed E-state index contributed by atoms with van der Waals surface area (Å²) >= 11 is 0. The van der Waals surface area contributed by atoms with E-state index in [1.54, 1.807) is 0 Å². The quantitative estimate of drug-likeness (QED) is 0.902. The number of nitrogens with two attached hydrogens (primary N) is 1. The molecule has 118 valence electrons. The van der Waals surface area contributed by atoms with Crippen LogP contribution in [0, 0.1) is 12.8 Å². The van der Waals surface area contributed by atoms with E-state index in [0.717, 1.165) is 36.2 Å².